The number of fused-ring (bicyclic) bond motifs is 1. The number of hydrogen-bond acceptors (Lipinski definition) is 6. The predicted octanol–water partition coefficient (Wildman–Crippen LogP) is 8.13. The van der Waals surface area contributed by atoms with Gasteiger partial charge in [0.1, 0.15) is 5.54 Å². The second kappa shape index (κ2) is 14.3. The van der Waals surface area contributed by atoms with Gasteiger partial charge in [-0.05, 0) is 92.5 Å². The zero-order valence-electron chi connectivity index (χ0n) is 26.7. The number of imidazole rings is 1. The second-order valence-electron chi connectivity index (χ2n) is 11.2. The van der Waals surface area contributed by atoms with Crippen LogP contribution in [0.15, 0.2) is 90.1 Å². The summed E-state index contributed by atoms with van der Waals surface area (Å²) in [5, 5.41) is 2.11. The number of nitrogens with zero attached hydrogens (tertiary/aromatic N) is 4. The SMILES string of the molecule is CCOP(=O)(CCCN(C)[C@](c1ccc(Cl)cc1)(c1ccc2c(c1)c(-c1cccc(Cl)c1)cc(=O)n2C)c1cncn1C)OCC. The van der Waals surface area contributed by atoms with E-state index in [1.54, 1.807) is 24.0 Å². The van der Waals surface area contributed by atoms with Crippen LogP contribution in [0, 0.1) is 0 Å². The first-order chi connectivity index (χ1) is 22.0. The Labute approximate surface area is 280 Å². The molecule has 0 saturated heterocycles. The molecule has 0 aliphatic heterocycles. The highest BCUT2D eigenvalue weighted by atomic mass is 35.5. The number of benzene rings is 3. The Bertz CT molecular complexity index is 1930. The van der Waals surface area contributed by atoms with Crippen LogP contribution in [0.25, 0.3) is 22.0 Å². The van der Waals surface area contributed by atoms with Crippen molar-refractivity contribution < 1.29 is 13.6 Å². The second-order valence-corrected chi connectivity index (χ2v) is 14.3. The monoisotopic (exact) mass is 680 g/mol. The molecule has 242 valence electrons. The molecule has 2 aromatic heterocycles. The number of hydrogen-bond donors (Lipinski definition) is 0. The van der Waals surface area contributed by atoms with Crippen molar-refractivity contribution in [2.75, 3.05) is 33.0 Å². The average Bonchev–Trinajstić information content (AvgIpc) is 3.46. The lowest BCUT2D eigenvalue weighted by Gasteiger charge is -2.43. The molecule has 0 amide bonds. The normalized spacial score (nSPS) is 13.4. The van der Waals surface area contributed by atoms with Crippen LogP contribution < -0.4 is 5.56 Å². The van der Waals surface area contributed by atoms with E-state index in [9.17, 15) is 9.36 Å². The van der Waals surface area contributed by atoms with Crippen LogP contribution in [0.4, 0.5) is 0 Å². The van der Waals surface area contributed by atoms with Crippen LogP contribution in [0.1, 0.15) is 37.1 Å². The van der Waals surface area contributed by atoms with Gasteiger partial charge in [-0.2, -0.15) is 0 Å². The molecule has 0 radical (unpaired) electrons. The molecule has 0 spiro atoms. The maximum Gasteiger partial charge on any atom is 0.330 e. The number of pyridine rings is 1. The lowest BCUT2D eigenvalue weighted by Crippen LogP contribution is -2.47. The van der Waals surface area contributed by atoms with Gasteiger partial charge < -0.3 is 18.2 Å². The topological polar surface area (TPSA) is 78.6 Å². The van der Waals surface area contributed by atoms with Gasteiger partial charge in [0.2, 0.25) is 0 Å². The van der Waals surface area contributed by atoms with Crippen LogP contribution in [-0.2, 0) is 33.2 Å². The summed E-state index contributed by atoms with van der Waals surface area (Å²) < 4.78 is 28.2. The van der Waals surface area contributed by atoms with Gasteiger partial charge in [0, 0.05) is 35.6 Å². The fraction of sp³-hybridized carbons (Fsp3) is 0.314. The lowest BCUT2D eigenvalue weighted by atomic mass is 9.77. The summed E-state index contributed by atoms with van der Waals surface area (Å²) in [6.07, 6.45) is 4.49. The third-order valence-electron chi connectivity index (χ3n) is 8.40. The van der Waals surface area contributed by atoms with Crippen molar-refractivity contribution in [2.45, 2.75) is 25.8 Å². The van der Waals surface area contributed by atoms with E-state index in [2.05, 4.69) is 29.1 Å². The fourth-order valence-electron chi connectivity index (χ4n) is 6.31. The summed E-state index contributed by atoms with van der Waals surface area (Å²) in [5.41, 5.74) is 4.28. The molecule has 0 saturated carbocycles. The Kier molecular flexibility index (Phi) is 10.6. The maximum atomic E-state index is 13.4. The quantitative estimate of drug-likeness (QED) is 0.117. The van der Waals surface area contributed by atoms with Gasteiger partial charge in [0.15, 0.2) is 0 Å². The Balaban J connectivity index is 1.76. The first-order valence-electron chi connectivity index (χ1n) is 15.3. The van der Waals surface area contributed by atoms with Crippen molar-refractivity contribution in [3.63, 3.8) is 0 Å². The molecule has 0 aliphatic carbocycles. The summed E-state index contributed by atoms with van der Waals surface area (Å²) in [6.45, 7) is 4.80. The smallest absolute Gasteiger partial charge is 0.330 e. The molecule has 3 aromatic carbocycles. The minimum absolute atomic E-state index is 0.115. The molecule has 11 heteroatoms. The van der Waals surface area contributed by atoms with Crippen molar-refractivity contribution in [1.82, 2.24) is 19.0 Å². The minimum atomic E-state index is -3.24. The number of aromatic nitrogens is 3. The molecule has 46 heavy (non-hydrogen) atoms. The maximum absolute atomic E-state index is 13.4. The molecule has 0 aliphatic rings. The Hall–Kier alpha value is -3.23. The molecule has 2 heterocycles. The molecule has 8 nitrogen and oxygen atoms in total. The average molecular weight is 682 g/mol. The lowest BCUT2D eigenvalue weighted by molar-refractivity contribution is 0.186. The molecule has 0 unspecified atom stereocenters. The van der Waals surface area contributed by atoms with Gasteiger partial charge in [0.25, 0.3) is 5.56 Å². The number of aryl methyl sites for hydroxylation is 2. The summed E-state index contributed by atoms with van der Waals surface area (Å²) in [5.74, 6) is 0. The highest BCUT2D eigenvalue weighted by Crippen LogP contribution is 2.49. The van der Waals surface area contributed by atoms with E-state index in [1.165, 1.54) is 0 Å². The van der Waals surface area contributed by atoms with E-state index in [0.717, 1.165) is 38.9 Å². The fourth-order valence-corrected chi connectivity index (χ4v) is 8.27. The molecule has 0 bridgehead atoms. The zero-order valence-corrected chi connectivity index (χ0v) is 29.1. The first-order valence-corrected chi connectivity index (χ1v) is 17.7. The molecule has 5 aromatic rings. The molecular weight excluding hydrogens is 642 g/mol. The first kappa shape index (κ1) is 34.1. The molecule has 0 N–H and O–H groups in total. The molecular formula is C35H39Cl2N4O4P. The van der Waals surface area contributed by atoms with Crippen LogP contribution >= 0.6 is 30.8 Å². The highest BCUT2D eigenvalue weighted by molar-refractivity contribution is 7.53. The third-order valence-corrected chi connectivity index (χ3v) is 11.1. The highest BCUT2D eigenvalue weighted by Gasteiger charge is 2.43. The van der Waals surface area contributed by atoms with Gasteiger partial charge in [-0.1, -0.05) is 53.5 Å². The molecule has 5 rings (SSSR count). The van der Waals surface area contributed by atoms with Gasteiger partial charge in [-0.25, -0.2) is 4.98 Å². The standard InChI is InChI=1S/C35H39Cl2N4O4P/c1-6-44-46(43,45-7-2)19-9-18-40(4)35(33-23-38-24-39(33)3,26-12-15-28(36)16-13-26)27-14-17-32-31(21-27)30(22-34(42)41(32)5)25-10-8-11-29(37)20-25/h8,10-17,20-24H,6-7,9,18-19H2,1-5H3/t35-/m1/s1. The minimum Gasteiger partial charge on any atom is -0.335 e. The van der Waals surface area contributed by atoms with Crippen LogP contribution in [-0.4, -0.2) is 52.0 Å². The number of rotatable bonds is 13. The summed E-state index contributed by atoms with van der Waals surface area (Å²) in [7, 11) is 2.56. The van der Waals surface area contributed by atoms with E-state index in [0.29, 0.717) is 36.2 Å². The van der Waals surface area contributed by atoms with Gasteiger partial charge in [-0.3, -0.25) is 14.3 Å². The van der Waals surface area contributed by atoms with E-state index in [1.807, 2.05) is 86.3 Å². The largest absolute Gasteiger partial charge is 0.335 e. The summed E-state index contributed by atoms with van der Waals surface area (Å²) in [6, 6.07) is 23.2. The van der Waals surface area contributed by atoms with E-state index >= 15 is 0 Å². The number of halogens is 2. The Morgan fingerprint density at radius 3 is 2.24 bits per heavy atom. The van der Waals surface area contributed by atoms with Crippen molar-refractivity contribution in [2.24, 2.45) is 14.1 Å². The van der Waals surface area contributed by atoms with E-state index in [4.69, 9.17) is 32.2 Å². The van der Waals surface area contributed by atoms with E-state index in [-0.39, 0.29) is 11.7 Å². The summed E-state index contributed by atoms with van der Waals surface area (Å²) >= 11 is 12.8. The van der Waals surface area contributed by atoms with Crippen molar-refractivity contribution in [1.29, 1.82) is 0 Å². The van der Waals surface area contributed by atoms with Crippen LogP contribution in [0.2, 0.25) is 10.0 Å². The molecule has 1 atom stereocenters. The Morgan fingerprint density at radius 1 is 0.913 bits per heavy atom. The van der Waals surface area contributed by atoms with Gasteiger partial charge in [0.05, 0.1) is 43.1 Å². The zero-order chi connectivity index (χ0) is 33.1. The Morgan fingerprint density at radius 2 is 1.61 bits per heavy atom. The van der Waals surface area contributed by atoms with Gasteiger partial charge in [-0.15, -0.1) is 0 Å². The van der Waals surface area contributed by atoms with Gasteiger partial charge >= 0.3 is 7.60 Å². The van der Waals surface area contributed by atoms with Crippen molar-refractivity contribution in [3.8, 4) is 11.1 Å². The summed E-state index contributed by atoms with van der Waals surface area (Å²) in [4.78, 5) is 19.9. The predicted molar refractivity (Wildman–Crippen MR) is 187 cm³/mol. The molecule has 0 fully saturated rings. The van der Waals surface area contributed by atoms with Crippen molar-refractivity contribution >= 4 is 41.7 Å². The third kappa shape index (κ3) is 6.61. The van der Waals surface area contributed by atoms with E-state index < -0.39 is 13.1 Å². The van der Waals surface area contributed by atoms with Crippen LogP contribution in [0.5, 0.6) is 0 Å². The van der Waals surface area contributed by atoms with Crippen molar-refractivity contribution in [3.05, 3.63) is 123 Å². The van der Waals surface area contributed by atoms with Crippen LogP contribution in [0.3, 0.4) is 0 Å².